The van der Waals surface area contributed by atoms with Gasteiger partial charge in [0.25, 0.3) is 0 Å². The molecule has 0 aromatic carbocycles. The molecule has 116 valence electrons. The van der Waals surface area contributed by atoms with E-state index < -0.39 is 24.0 Å². The number of halogens is 1. The standard InChI is InChI=1S/C17H20BFO2S/c1-16(2)17(3,4)21-18(20-16)15(19)11-14-10-9-13(22-14)8-7-12-5-6-12/h9-12H,5-6H2,1-4H3. The summed E-state index contributed by atoms with van der Waals surface area (Å²) in [6.07, 6.45) is 3.90. The Morgan fingerprint density at radius 1 is 1.27 bits per heavy atom. The molecule has 0 unspecified atom stereocenters. The van der Waals surface area contributed by atoms with Crippen LogP contribution in [0.5, 0.6) is 0 Å². The maximum absolute atomic E-state index is 14.4. The molecule has 0 atom stereocenters. The van der Waals surface area contributed by atoms with Gasteiger partial charge >= 0.3 is 7.12 Å². The highest BCUT2D eigenvalue weighted by Gasteiger charge is 2.53. The van der Waals surface area contributed by atoms with E-state index in [4.69, 9.17) is 9.31 Å². The Hall–Kier alpha value is -1.09. The van der Waals surface area contributed by atoms with Gasteiger partial charge in [-0.05, 0) is 58.7 Å². The monoisotopic (exact) mass is 318 g/mol. The van der Waals surface area contributed by atoms with Gasteiger partial charge in [0.15, 0.2) is 0 Å². The Balaban J connectivity index is 1.71. The molecule has 2 heterocycles. The molecule has 1 aliphatic heterocycles. The van der Waals surface area contributed by atoms with E-state index in [0.29, 0.717) is 5.92 Å². The van der Waals surface area contributed by atoms with Gasteiger partial charge in [0.2, 0.25) is 0 Å². The zero-order valence-electron chi connectivity index (χ0n) is 13.4. The van der Waals surface area contributed by atoms with Gasteiger partial charge in [0.05, 0.1) is 16.1 Å². The molecule has 0 spiro atoms. The van der Waals surface area contributed by atoms with Crippen molar-refractivity contribution in [1.82, 2.24) is 0 Å². The molecule has 1 saturated carbocycles. The maximum atomic E-state index is 14.4. The minimum absolute atomic E-state index is 0.401. The second kappa shape index (κ2) is 5.52. The predicted octanol–water partition coefficient (Wildman–Crippen LogP) is 4.45. The molecule has 5 heteroatoms. The van der Waals surface area contributed by atoms with E-state index in [-0.39, 0.29) is 0 Å². The zero-order chi connectivity index (χ0) is 16.0. The summed E-state index contributed by atoms with van der Waals surface area (Å²) in [5, 5.41) is 0. The van der Waals surface area contributed by atoms with Crippen LogP contribution in [0.15, 0.2) is 17.9 Å². The van der Waals surface area contributed by atoms with Crippen LogP contribution in [-0.2, 0) is 9.31 Å². The summed E-state index contributed by atoms with van der Waals surface area (Å²) in [4.78, 5) is 1.80. The number of rotatable bonds is 2. The van der Waals surface area contributed by atoms with E-state index in [1.807, 2.05) is 39.8 Å². The van der Waals surface area contributed by atoms with Gasteiger partial charge in [-0.2, -0.15) is 0 Å². The van der Waals surface area contributed by atoms with E-state index in [1.54, 1.807) is 0 Å². The quantitative estimate of drug-likeness (QED) is 0.592. The van der Waals surface area contributed by atoms with Crippen LogP contribution in [0.3, 0.4) is 0 Å². The first kappa shape index (κ1) is 15.8. The SMILES string of the molecule is CC1(C)OB(C(F)=Cc2ccc(C#CC3CC3)s2)OC1(C)C. The van der Waals surface area contributed by atoms with Crippen LogP contribution < -0.4 is 0 Å². The lowest BCUT2D eigenvalue weighted by Gasteiger charge is -2.32. The minimum atomic E-state index is -0.937. The van der Waals surface area contributed by atoms with Crippen LogP contribution in [0.4, 0.5) is 4.39 Å². The fraction of sp³-hybridized carbons (Fsp3) is 0.529. The van der Waals surface area contributed by atoms with Crippen LogP contribution in [0.1, 0.15) is 50.3 Å². The average molecular weight is 318 g/mol. The van der Waals surface area contributed by atoms with E-state index in [9.17, 15) is 4.39 Å². The van der Waals surface area contributed by atoms with Crippen molar-refractivity contribution in [2.45, 2.75) is 51.7 Å². The summed E-state index contributed by atoms with van der Waals surface area (Å²) in [6.45, 7) is 7.65. The van der Waals surface area contributed by atoms with Gasteiger partial charge in [-0.15, -0.1) is 11.3 Å². The van der Waals surface area contributed by atoms with Gasteiger partial charge < -0.3 is 9.31 Å². The largest absolute Gasteiger partial charge is 0.525 e. The normalized spacial score (nSPS) is 23.3. The molecule has 2 fully saturated rings. The molecule has 0 bridgehead atoms. The Bertz CT molecular complexity index is 646. The highest BCUT2D eigenvalue weighted by Crippen LogP contribution is 2.39. The molecule has 0 radical (unpaired) electrons. The first-order chi connectivity index (χ1) is 10.3. The van der Waals surface area contributed by atoms with Crippen LogP contribution in [0.2, 0.25) is 0 Å². The second-order valence-electron chi connectivity index (χ2n) is 6.86. The molecular weight excluding hydrogens is 298 g/mol. The zero-order valence-corrected chi connectivity index (χ0v) is 14.2. The fourth-order valence-corrected chi connectivity index (χ4v) is 2.87. The van der Waals surface area contributed by atoms with Crippen molar-refractivity contribution >= 4 is 24.5 Å². The smallest absolute Gasteiger partial charge is 0.398 e. The molecule has 1 aromatic heterocycles. The third-order valence-corrected chi connectivity index (χ3v) is 5.31. The molecule has 0 amide bonds. The molecule has 22 heavy (non-hydrogen) atoms. The molecule has 0 N–H and O–H groups in total. The topological polar surface area (TPSA) is 18.5 Å². The summed E-state index contributed by atoms with van der Waals surface area (Å²) in [7, 11) is -0.937. The van der Waals surface area contributed by atoms with Crippen LogP contribution in [0, 0.1) is 17.8 Å². The first-order valence-corrected chi connectivity index (χ1v) is 8.43. The Morgan fingerprint density at radius 3 is 2.50 bits per heavy atom. The summed E-state index contributed by atoms with van der Waals surface area (Å²) >= 11 is 1.49. The van der Waals surface area contributed by atoms with E-state index >= 15 is 0 Å². The second-order valence-corrected chi connectivity index (χ2v) is 7.98. The number of thiophene rings is 1. The Labute approximate surface area is 135 Å². The van der Waals surface area contributed by atoms with Crippen LogP contribution in [0.25, 0.3) is 6.08 Å². The molecule has 1 aliphatic carbocycles. The van der Waals surface area contributed by atoms with Crippen molar-refractivity contribution in [3.05, 3.63) is 27.6 Å². The van der Waals surface area contributed by atoms with Crippen molar-refractivity contribution in [1.29, 1.82) is 0 Å². The summed E-state index contributed by atoms with van der Waals surface area (Å²) in [6, 6.07) is 3.82. The van der Waals surface area contributed by atoms with Crippen LogP contribution >= 0.6 is 11.3 Å². The van der Waals surface area contributed by atoms with Crippen molar-refractivity contribution in [2.24, 2.45) is 5.92 Å². The lowest BCUT2D eigenvalue weighted by atomic mass is 9.87. The van der Waals surface area contributed by atoms with Crippen molar-refractivity contribution in [3.63, 3.8) is 0 Å². The molecular formula is C17H20BFO2S. The molecule has 2 aliphatic rings. The summed E-state index contributed by atoms with van der Waals surface area (Å²) in [5.74, 6) is 6.93. The summed E-state index contributed by atoms with van der Waals surface area (Å²) in [5.41, 5.74) is -1.46. The van der Waals surface area contributed by atoms with E-state index in [1.165, 1.54) is 30.3 Å². The number of hydrogen-bond acceptors (Lipinski definition) is 3. The van der Waals surface area contributed by atoms with Crippen LogP contribution in [-0.4, -0.2) is 18.3 Å². The minimum Gasteiger partial charge on any atom is -0.398 e. The van der Waals surface area contributed by atoms with Gasteiger partial charge in [-0.3, -0.25) is 0 Å². The van der Waals surface area contributed by atoms with Crippen molar-refractivity contribution < 1.29 is 13.7 Å². The maximum Gasteiger partial charge on any atom is 0.525 e. The first-order valence-electron chi connectivity index (χ1n) is 7.61. The van der Waals surface area contributed by atoms with Crippen molar-refractivity contribution in [3.8, 4) is 11.8 Å². The lowest BCUT2D eigenvalue weighted by molar-refractivity contribution is 0.00578. The summed E-state index contributed by atoms with van der Waals surface area (Å²) < 4.78 is 25.8. The Kier molecular flexibility index (Phi) is 3.97. The van der Waals surface area contributed by atoms with Gasteiger partial charge in [0, 0.05) is 10.8 Å². The average Bonchev–Trinajstić information content (AvgIpc) is 3.09. The fourth-order valence-electron chi connectivity index (χ4n) is 2.06. The molecule has 2 nitrogen and oxygen atoms in total. The third-order valence-electron chi connectivity index (χ3n) is 4.36. The highest BCUT2D eigenvalue weighted by molar-refractivity contribution is 7.13. The lowest BCUT2D eigenvalue weighted by Crippen LogP contribution is -2.41. The van der Waals surface area contributed by atoms with E-state index in [2.05, 4.69) is 11.8 Å². The van der Waals surface area contributed by atoms with Gasteiger partial charge in [-0.25, -0.2) is 4.39 Å². The molecule has 1 aromatic rings. The molecule has 1 saturated heterocycles. The van der Waals surface area contributed by atoms with E-state index in [0.717, 1.165) is 9.75 Å². The van der Waals surface area contributed by atoms with Gasteiger partial charge in [0.1, 0.15) is 5.73 Å². The third kappa shape index (κ3) is 3.30. The van der Waals surface area contributed by atoms with Crippen molar-refractivity contribution in [2.75, 3.05) is 0 Å². The highest BCUT2D eigenvalue weighted by atomic mass is 32.1. The molecule has 3 rings (SSSR count). The predicted molar refractivity (Wildman–Crippen MR) is 89.1 cm³/mol. The Morgan fingerprint density at radius 2 is 1.91 bits per heavy atom. The number of hydrogen-bond donors (Lipinski definition) is 0. The van der Waals surface area contributed by atoms with Gasteiger partial charge in [-0.1, -0.05) is 11.8 Å².